The average molecular weight is 328 g/mol. The molecule has 0 fully saturated rings. The van der Waals surface area contributed by atoms with E-state index in [0.29, 0.717) is 0 Å². The van der Waals surface area contributed by atoms with E-state index in [9.17, 15) is 9.59 Å². The standard InChI is InChI=1S/C18H36N2O3/c1-6-11-12-17(7-2,8-3)18(9-4,10-5)20-16(22)14-23-13-15(19)21/h6-14H2,1-5H3,(H2,19,21)(H,20,22). The third-order valence-electron chi connectivity index (χ3n) is 5.44. The van der Waals surface area contributed by atoms with Crippen LogP contribution in [0.15, 0.2) is 0 Å². The Morgan fingerprint density at radius 1 is 0.957 bits per heavy atom. The summed E-state index contributed by atoms with van der Waals surface area (Å²) < 4.78 is 5.07. The van der Waals surface area contributed by atoms with E-state index >= 15 is 0 Å². The van der Waals surface area contributed by atoms with E-state index in [2.05, 4.69) is 39.9 Å². The van der Waals surface area contributed by atoms with Gasteiger partial charge < -0.3 is 15.8 Å². The Balaban J connectivity index is 5.19. The second kappa shape index (κ2) is 10.6. The maximum absolute atomic E-state index is 12.3. The molecule has 5 heteroatoms. The van der Waals surface area contributed by atoms with Gasteiger partial charge in [-0.25, -0.2) is 0 Å². The lowest BCUT2D eigenvalue weighted by atomic mass is 9.60. The Bertz CT molecular complexity index is 361. The van der Waals surface area contributed by atoms with Gasteiger partial charge in [-0.15, -0.1) is 0 Å². The molecule has 0 bridgehead atoms. The first kappa shape index (κ1) is 21.9. The molecule has 3 N–H and O–H groups in total. The van der Waals surface area contributed by atoms with Crippen molar-refractivity contribution in [2.75, 3.05) is 13.2 Å². The summed E-state index contributed by atoms with van der Waals surface area (Å²) in [6.07, 6.45) is 7.27. The summed E-state index contributed by atoms with van der Waals surface area (Å²) in [7, 11) is 0. The first-order valence-electron chi connectivity index (χ1n) is 9.03. The van der Waals surface area contributed by atoms with Gasteiger partial charge in [-0.05, 0) is 37.5 Å². The molecule has 0 heterocycles. The molecule has 5 nitrogen and oxygen atoms in total. The largest absolute Gasteiger partial charge is 0.368 e. The van der Waals surface area contributed by atoms with E-state index in [0.717, 1.165) is 44.9 Å². The van der Waals surface area contributed by atoms with Gasteiger partial charge in [0.1, 0.15) is 13.2 Å². The predicted octanol–water partition coefficient (Wildman–Crippen LogP) is 3.16. The molecule has 2 amide bonds. The van der Waals surface area contributed by atoms with Crippen LogP contribution in [0.25, 0.3) is 0 Å². The van der Waals surface area contributed by atoms with Crippen LogP contribution < -0.4 is 11.1 Å². The van der Waals surface area contributed by atoms with Crippen molar-refractivity contribution in [2.45, 2.75) is 85.1 Å². The van der Waals surface area contributed by atoms with E-state index in [-0.39, 0.29) is 30.1 Å². The zero-order chi connectivity index (χ0) is 17.9. The minimum Gasteiger partial charge on any atom is -0.368 e. The van der Waals surface area contributed by atoms with Gasteiger partial charge in [-0.1, -0.05) is 47.5 Å². The van der Waals surface area contributed by atoms with Crippen LogP contribution in [0.1, 0.15) is 79.6 Å². The van der Waals surface area contributed by atoms with E-state index < -0.39 is 5.91 Å². The first-order valence-corrected chi connectivity index (χ1v) is 9.03. The fourth-order valence-electron chi connectivity index (χ4n) is 3.89. The third-order valence-corrected chi connectivity index (χ3v) is 5.44. The quantitative estimate of drug-likeness (QED) is 0.545. The van der Waals surface area contributed by atoms with E-state index in [1.54, 1.807) is 0 Å². The molecule has 0 aromatic heterocycles. The molecule has 0 aromatic carbocycles. The first-order chi connectivity index (χ1) is 10.9. The number of hydrogen-bond donors (Lipinski definition) is 2. The van der Waals surface area contributed by atoms with Crippen LogP contribution in [0.3, 0.4) is 0 Å². The van der Waals surface area contributed by atoms with E-state index in [1.807, 2.05) is 0 Å². The number of carbonyl (C=O) groups is 2. The topological polar surface area (TPSA) is 81.4 Å². The number of primary amides is 1. The van der Waals surface area contributed by atoms with Gasteiger partial charge in [0.2, 0.25) is 11.8 Å². The number of nitrogens with two attached hydrogens (primary N) is 1. The van der Waals surface area contributed by atoms with Crippen LogP contribution in [0.5, 0.6) is 0 Å². The van der Waals surface area contributed by atoms with Crippen molar-refractivity contribution in [1.29, 1.82) is 0 Å². The van der Waals surface area contributed by atoms with Gasteiger partial charge in [0, 0.05) is 5.54 Å². The summed E-state index contributed by atoms with van der Waals surface area (Å²) in [5.41, 5.74) is 4.88. The molecule has 0 aliphatic carbocycles. The van der Waals surface area contributed by atoms with Crippen molar-refractivity contribution in [3.05, 3.63) is 0 Å². The highest BCUT2D eigenvalue weighted by Gasteiger charge is 2.46. The number of hydrogen-bond acceptors (Lipinski definition) is 3. The summed E-state index contributed by atoms with van der Waals surface area (Å²) in [5, 5.41) is 3.24. The lowest BCUT2D eigenvalue weighted by Gasteiger charge is -2.51. The zero-order valence-corrected chi connectivity index (χ0v) is 15.7. The van der Waals surface area contributed by atoms with Crippen LogP contribution in [-0.2, 0) is 14.3 Å². The fraction of sp³-hybridized carbons (Fsp3) is 0.889. The Kier molecular flexibility index (Phi) is 10.1. The predicted molar refractivity (Wildman–Crippen MR) is 94.0 cm³/mol. The highest BCUT2D eigenvalue weighted by molar-refractivity contribution is 5.79. The molecule has 0 unspecified atom stereocenters. The van der Waals surface area contributed by atoms with Gasteiger partial charge in [0.15, 0.2) is 0 Å². The Morgan fingerprint density at radius 2 is 1.52 bits per heavy atom. The van der Waals surface area contributed by atoms with Crippen molar-refractivity contribution < 1.29 is 14.3 Å². The average Bonchev–Trinajstić information content (AvgIpc) is 2.54. The number of unbranched alkanes of at least 4 members (excludes halogenated alkanes) is 1. The van der Waals surface area contributed by atoms with E-state index in [4.69, 9.17) is 10.5 Å². The maximum Gasteiger partial charge on any atom is 0.246 e. The molecule has 0 spiro atoms. The van der Waals surface area contributed by atoms with Gasteiger partial charge in [0.25, 0.3) is 0 Å². The van der Waals surface area contributed by atoms with Crippen LogP contribution >= 0.6 is 0 Å². The minimum atomic E-state index is -0.561. The smallest absolute Gasteiger partial charge is 0.246 e. The molecule has 136 valence electrons. The molecule has 0 saturated carbocycles. The summed E-state index contributed by atoms with van der Waals surface area (Å²) >= 11 is 0. The molecule has 23 heavy (non-hydrogen) atoms. The molecule has 0 aliphatic heterocycles. The van der Waals surface area contributed by atoms with Crippen LogP contribution in [-0.4, -0.2) is 30.6 Å². The van der Waals surface area contributed by atoms with Crippen molar-refractivity contribution >= 4 is 11.8 Å². The van der Waals surface area contributed by atoms with Gasteiger partial charge in [-0.2, -0.15) is 0 Å². The number of nitrogens with one attached hydrogen (secondary N) is 1. The van der Waals surface area contributed by atoms with Crippen LogP contribution in [0.2, 0.25) is 0 Å². The third kappa shape index (κ3) is 5.79. The lowest BCUT2D eigenvalue weighted by Crippen LogP contribution is -2.60. The van der Waals surface area contributed by atoms with Crippen molar-refractivity contribution in [2.24, 2.45) is 11.1 Å². The van der Waals surface area contributed by atoms with Crippen molar-refractivity contribution in [3.8, 4) is 0 Å². The monoisotopic (exact) mass is 328 g/mol. The molecule has 0 rings (SSSR count). The molecule has 0 saturated heterocycles. The highest BCUT2D eigenvalue weighted by atomic mass is 16.5. The minimum absolute atomic E-state index is 0.0891. The molecular formula is C18H36N2O3. The van der Waals surface area contributed by atoms with Crippen LogP contribution in [0, 0.1) is 5.41 Å². The SMILES string of the molecule is CCCCC(CC)(CC)C(CC)(CC)NC(=O)COCC(N)=O. The Morgan fingerprint density at radius 3 is 1.91 bits per heavy atom. The Labute approximate surface area is 141 Å². The second-order valence-corrected chi connectivity index (χ2v) is 6.39. The Hall–Kier alpha value is -1.10. The molecule has 0 aromatic rings. The fourth-order valence-corrected chi connectivity index (χ4v) is 3.89. The molecule has 0 atom stereocenters. The number of carbonyl (C=O) groups excluding carboxylic acids is 2. The summed E-state index contributed by atoms with van der Waals surface area (Å²) in [6.45, 7) is 10.6. The van der Waals surface area contributed by atoms with Gasteiger partial charge >= 0.3 is 0 Å². The molecule has 0 aliphatic rings. The number of ether oxygens (including phenoxy) is 1. The number of rotatable bonds is 13. The van der Waals surface area contributed by atoms with Gasteiger partial charge in [0.05, 0.1) is 0 Å². The van der Waals surface area contributed by atoms with Crippen molar-refractivity contribution in [1.82, 2.24) is 5.32 Å². The van der Waals surface area contributed by atoms with Gasteiger partial charge in [-0.3, -0.25) is 9.59 Å². The summed E-state index contributed by atoms with van der Waals surface area (Å²) in [4.78, 5) is 23.0. The van der Waals surface area contributed by atoms with E-state index in [1.165, 1.54) is 0 Å². The highest BCUT2D eigenvalue weighted by Crippen LogP contribution is 2.46. The summed E-state index contributed by atoms with van der Waals surface area (Å²) in [6, 6.07) is 0. The van der Waals surface area contributed by atoms with Crippen molar-refractivity contribution in [3.63, 3.8) is 0 Å². The summed E-state index contributed by atoms with van der Waals surface area (Å²) in [5.74, 6) is -0.729. The zero-order valence-electron chi connectivity index (χ0n) is 15.7. The molecule has 0 radical (unpaired) electrons. The second-order valence-electron chi connectivity index (χ2n) is 6.39. The normalized spacial score (nSPS) is 12.2. The molecular weight excluding hydrogens is 292 g/mol. The number of amides is 2. The maximum atomic E-state index is 12.3. The lowest BCUT2D eigenvalue weighted by molar-refractivity contribution is -0.133. The van der Waals surface area contributed by atoms with Crippen LogP contribution in [0.4, 0.5) is 0 Å².